The summed E-state index contributed by atoms with van der Waals surface area (Å²) in [6.45, 7) is 0. The van der Waals surface area contributed by atoms with Crippen LogP contribution in [0, 0.1) is 0 Å². The summed E-state index contributed by atoms with van der Waals surface area (Å²) in [7, 11) is 0. The highest BCUT2D eigenvalue weighted by molar-refractivity contribution is 6.30. The first-order valence-corrected chi connectivity index (χ1v) is 8.13. The summed E-state index contributed by atoms with van der Waals surface area (Å²) < 4.78 is 10.4. The quantitative estimate of drug-likeness (QED) is 0.365. The van der Waals surface area contributed by atoms with Crippen LogP contribution in [0.25, 0.3) is 0 Å². The smallest absolute Gasteiger partial charge is 0.311 e. The van der Waals surface area contributed by atoms with Crippen molar-refractivity contribution in [2.75, 3.05) is 0 Å². The van der Waals surface area contributed by atoms with Crippen LogP contribution in [0.15, 0.2) is 71.3 Å². The van der Waals surface area contributed by atoms with E-state index < -0.39 is 0 Å². The molecule has 3 rings (SSSR count). The van der Waals surface area contributed by atoms with Gasteiger partial charge in [-0.25, -0.2) is 0 Å². The summed E-state index contributed by atoms with van der Waals surface area (Å²) in [6.07, 6.45) is 2.27. The lowest BCUT2D eigenvalue weighted by Gasteiger charge is -2.05. The Bertz CT molecular complexity index is 850. The van der Waals surface area contributed by atoms with Gasteiger partial charge in [0.2, 0.25) is 0 Å². The number of ether oxygens (including phenoxy) is 1. The van der Waals surface area contributed by atoms with Crippen LogP contribution >= 0.6 is 11.6 Å². The highest BCUT2D eigenvalue weighted by Gasteiger charge is 2.11. The zero-order valence-electron chi connectivity index (χ0n) is 13.3. The number of esters is 1. The molecule has 25 heavy (non-hydrogen) atoms. The molecule has 4 nitrogen and oxygen atoms in total. The van der Waals surface area contributed by atoms with Crippen LogP contribution in [0.4, 0.5) is 0 Å². The van der Waals surface area contributed by atoms with Crippen LogP contribution in [-0.4, -0.2) is 11.8 Å². The molecular weight excluding hydrogens is 340 g/mol. The lowest BCUT2D eigenvalue weighted by atomic mass is 10.0. The number of benzene rings is 2. The zero-order valence-corrected chi connectivity index (χ0v) is 14.0. The molecule has 5 heteroatoms. The zero-order chi connectivity index (χ0) is 17.6. The molecule has 126 valence electrons. The monoisotopic (exact) mass is 354 g/mol. The van der Waals surface area contributed by atoms with E-state index in [0.717, 1.165) is 5.76 Å². The number of ketones is 1. The second-order valence-electron chi connectivity index (χ2n) is 5.41. The van der Waals surface area contributed by atoms with Gasteiger partial charge in [-0.1, -0.05) is 11.6 Å². The first-order chi connectivity index (χ1) is 12.1. The van der Waals surface area contributed by atoms with E-state index in [-0.39, 0.29) is 18.2 Å². The van der Waals surface area contributed by atoms with E-state index in [4.69, 9.17) is 20.8 Å². The van der Waals surface area contributed by atoms with Gasteiger partial charge < -0.3 is 9.15 Å². The molecular formula is C20H15ClO4. The Morgan fingerprint density at radius 3 is 2.16 bits per heavy atom. The lowest BCUT2D eigenvalue weighted by molar-refractivity contribution is -0.134. The van der Waals surface area contributed by atoms with Gasteiger partial charge in [0.1, 0.15) is 11.5 Å². The summed E-state index contributed by atoms with van der Waals surface area (Å²) in [4.78, 5) is 24.2. The SMILES string of the molecule is O=C(CCc1ccco1)Oc1ccc(C(=O)c2ccc(Cl)cc2)cc1. The molecule has 0 radical (unpaired) electrons. The molecule has 3 aromatic rings. The van der Waals surface area contributed by atoms with Crippen LogP contribution < -0.4 is 4.74 Å². The fourth-order valence-corrected chi connectivity index (χ4v) is 2.43. The van der Waals surface area contributed by atoms with E-state index in [1.807, 2.05) is 6.07 Å². The summed E-state index contributed by atoms with van der Waals surface area (Å²) >= 11 is 5.82. The molecule has 0 aliphatic rings. The van der Waals surface area contributed by atoms with E-state index >= 15 is 0 Å². The number of carbonyl (C=O) groups excluding carboxylic acids is 2. The van der Waals surface area contributed by atoms with Crippen molar-refractivity contribution in [2.45, 2.75) is 12.8 Å². The van der Waals surface area contributed by atoms with Crippen LogP contribution in [0.3, 0.4) is 0 Å². The molecule has 1 heterocycles. The standard InChI is InChI=1S/C20H15ClO4/c21-16-7-3-14(4-8-16)20(23)15-5-9-18(10-6-15)25-19(22)12-11-17-2-1-13-24-17/h1-10,13H,11-12H2. The minimum absolute atomic E-state index is 0.118. The third-order valence-corrected chi connectivity index (χ3v) is 3.86. The van der Waals surface area contributed by atoms with Gasteiger partial charge >= 0.3 is 5.97 Å². The van der Waals surface area contributed by atoms with Gasteiger partial charge in [0.25, 0.3) is 0 Å². The molecule has 2 aromatic carbocycles. The molecule has 0 saturated carbocycles. The van der Waals surface area contributed by atoms with E-state index in [1.165, 1.54) is 0 Å². The van der Waals surface area contributed by atoms with Gasteiger partial charge in [0.15, 0.2) is 5.78 Å². The highest BCUT2D eigenvalue weighted by Crippen LogP contribution is 2.18. The summed E-state index contributed by atoms with van der Waals surface area (Å²) in [5.41, 5.74) is 1.06. The van der Waals surface area contributed by atoms with Crippen molar-refractivity contribution in [3.05, 3.63) is 88.8 Å². The van der Waals surface area contributed by atoms with Gasteiger partial charge in [-0.3, -0.25) is 9.59 Å². The predicted octanol–water partition coefficient (Wildman–Crippen LogP) is 4.70. The number of rotatable bonds is 6. The van der Waals surface area contributed by atoms with Crippen LogP contribution in [0.1, 0.15) is 28.1 Å². The third-order valence-electron chi connectivity index (χ3n) is 3.61. The molecule has 0 aliphatic carbocycles. The Balaban J connectivity index is 1.59. The molecule has 0 fully saturated rings. The number of aryl methyl sites for hydroxylation is 1. The van der Waals surface area contributed by atoms with Gasteiger partial charge in [-0.15, -0.1) is 0 Å². The van der Waals surface area contributed by atoms with Crippen LogP contribution in [-0.2, 0) is 11.2 Å². The number of furan rings is 1. The largest absolute Gasteiger partial charge is 0.469 e. The Morgan fingerprint density at radius 2 is 1.56 bits per heavy atom. The summed E-state index contributed by atoms with van der Waals surface area (Å²) in [5.74, 6) is 0.665. The summed E-state index contributed by atoms with van der Waals surface area (Å²) in [6, 6.07) is 16.7. The molecule has 0 unspecified atom stereocenters. The minimum atomic E-state index is -0.354. The van der Waals surface area contributed by atoms with Gasteiger partial charge in [-0.2, -0.15) is 0 Å². The van der Waals surface area contributed by atoms with Gasteiger partial charge in [-0.05, 0) is 60.7 Å². The third kappa shape index (κ3) is 4.58. The minimum Gasteiger partial charge on any atom is -0.469 e. The molecule has 1 aromatic heterocycles. The maximum atomic E-state index is 12.4. The summed E-state index contributed by atoms with van der Waals surface area (Å²) in [5, 5.41) is 0.577. The van der Waals surface area contributed by atoms with Crippen molar-refractivity contribution in [3.63, 3.8) is 0 Å². The van der Waals surface area contributed by atoms with Crippen molar-refractivity contribution in [2.24, 2.45) is 0 Å². The molecule has 0 spiro atoms. The van der Waals surface area contributed by atoms with Crippen LogP contribution in [0.5, 0.6) is 5.75 Å². The first kappa shape index (κ1) is 17.0. The van der Waals surface area contributed by atoms with Crippen molar-refractivity contribution < 1.29 is 18.7 Å². The number of carbonyl (C=O) groups is 2. The fourth-order valence-electron chi connectivity index (χ4n) is 2.30. The van der Waals surface area contributed by atoms with Crippen molar-refractivity contribution in [3.8, 4) is 5.75 Å². The second-order valence-corrected chi connectivity index (χ2v) is 5.85. The Morgan fingerprint density at radius 1 is 0.920 bits per heavy atom. The maximum absolute atomic E-state index is 12.4. The average molecular weight is 355 g/mol. The highest BCUT2D eigenvalue weighted by atomic mass is 35.5. The first-order valence-electron chi connectivity index (χ1n) is 7.75. The number of hydrogen-bond donors (Lipinski definition) is 0. The molecule has 0 bridgehead atoms. The van der Waals surface area contributed by atoms with E-state index in [0.29, 0.717) is 28.3 Å². The van der Waals surface area contributed by atoms with Crippen molar-refractivity contribution in [1.82, 2.24) is 0 Å². The molecule has 0 saturated heterocycles. The van der Waals surface area contributed by atoms with E-state index in [2.05, 4.69) is 0 Å². The average Bonchev–Trinajstić information content (AvgIpc) is 3.14. The maximum Gasteiger partial charge on any atom is 0.311 e. The Labute approximate surface area is 150 Å². The number of halogens is 1. The molecule has 0 amide bonds. The van der Waals surface area contributed by atoms with E-state index in [9.17, 15) is 9.59 Å². The van der Waals surface area contributed by atoms with Crippen molar-refractivity contribution in [1.29, 1.82) is 0 Å². The second kappa shape index (κ2) is 7.81. The normalized spacial score (nSPS) is 10.4. The topological polar surface area (TPSA) is 56.5 Å². The molecule has 0 N–H and O–H groups in total. The molecule has 0 aliphatic heterocycles. The Kier molecular flexibility index (Phi) is 5.31. The van der Waals surface area contributed by atoms with Crippen molar-refractivity contribution >= 4 is 23.4 Å². The van der Waals surface area contributed by atoms with E-state index in [1.54, 1.807) is 60.9 Å². The lowest BCUT2D eigenvalue weighted by Crippen LogP contribution is -2.09. The predicted molar refractivity (Wildman–Crippen MR) is 94.0 cm³/mol. The van der Waals surface area contributed by atoms with Gasteiger partial charge in [0, 0.05) is 22.6 Å². The molecule has 0 atom stereocenters. The van der Waals surface area contributed by atoms with Crippen LogP contribution in [0.2, 0.25) is 5.02 Å². The number of hydrogen-bond acceptors (Lipinski definition) is 4. The Hall–Kier alpha value is -2.85. The van der Waals surface area contributed by atoms with Gasteiger partial charge in [0.05, 0.1) is 12.7 Å². The fraction of sp³-hybridized carbons (Fsp3) is 0.100.